The van der Waals surface area contributed by atoms with Gasteiger partial charge in [-0.05, 0) is 76.5 Å². The van der Waals surface area contributed by atoms with Crippen LogP contribution < -0.4 is 5.32 Å². The Kier molecular flexibility index (Phi) is 7.56. The molecule has 0 aromatic heterocycles. The van der Waals surface area contributed by atoms with E-state index in [-0.39, 0.29) is 0 Å². The second kappa shape index (κ2) is 9.89. The highest BCUT2D eigenvalue weighted by molar-refractivity contribution is 5.76. The Labute approximate surface area is 153 Å². The number of carbonyl (C=O) groups excluding carboxylic acids is 1. The minimum absolute atomic E-state index is 0.353. The molecule has 1 amide bonds. The van der Waals surface area contributed by atoms with E-state index in [0.29, 0.717) is 30.3 Å². The molecule has 2 unspecified atom stereocenters. The summed E-state index contributed by atoms with van der Waals surface area (Å²) in [6.45, 7) is 10.6. The normalized spacial score (nSPS) is 27.6. The van der Waals surface area contributed by atoms with Crippen LogP contribution in [0.25, 0.3) is 0 Å². The Morgan fingerprint density at radius 1 is 1.12 bits per heavy atom. The Balaban J connectivity index is 1.30. The lowest BCUT2D eigenvalue weighted by atomic mass is 9.85. The van der Waals surface area contributed by atoms with Crippen LogP contribution in [-0.4, -0.2) is 74.2 Å². The van der Waals surface area contributed by atoms with Crippen molar-refractivity contribution in [3.05, 3.63) is 0 Å². The first-order chi connectivity index (χ1) is 12.2. The van der Waals surface area contributed by atoms with E-state index in [9.17, 15) is 4.79 Å². The standard InChI is InChI=1S/C20H37N3O2/c1-17(18-5-4-8-21-16-18)15-20(24)23-11-6-19(7-12-23)25-14-13-22-9-2-3-10-22/h17-19,21H,2-16H2,1H3. The number of nitrogens with zero attached hydrogens (tertiary/aromatic N) is 2. The summed E-state index contributed by atoms with van der Waals surface area (Å²) in [6.07, 6.45) is 8.29. The summed E-state index contributed by atoms with van der Waals surface area (Å²) in [5.41, 5.74) is 0. The Bertz CT molecular complexity index is 398. The van der Waals surface area contributed by atoms with Crippen molar-refractivity contribution in [2.75, 3.05) is 52.4 Å². The average Bonchev–Trinajstić information content (AvgIpc) is 3.16. The molecule has 25 heavy (non-hydrogen) atoms. The molecule has 0 bridgehead atoms. The maximum atomic E-state index is 12.6. The second-order valence-electron chi connectivity index (χ2n) is 8.29. The van der Waals surface area contributed by atoms with Gasteiger partial charge in [0.05, 0.1) is 12.7 Å². The highest BCUT2D eigenvalue weighted by Gasteiger charge is 2.27. The van der Waals surface area contributed by atoms with Gasteiger partial charge in [-0.1, -0.05) is 6.92 Å². The van der Waals surface area contributed by atoms with Gasteiger partial charge >= 0.3 is 0 Å². The van der Waals surface area contributed by atoms with Crippen molar-refractivity contribution >= 4 is 5.91 Å². The van der Waals surface area contributed by atoms with E-state index in [1.807, 2.05) is 0 Å². The number of nitrogens with one attached hydrogen (secondary N) is 1. The number of ether oxygens (including phenoxy) is 1. The zero-order valence-electron chi connectivity index (χ0n) is 16.0. The predicted molar refractivity (Wildman–Crippen MR) is 101 cm³/mol. The molecule has 5 nitrogen and oxygen atoms in total. The van der Waals surface area contributed by atoms with E-state index in [2.05, 4.69) is 22.0 Å². The van der Waals surface area contributed by atoms with E-state index >= 15 is 0 Å². The predicted octanol–water partition coefficient (Wildman–Crippen LogP) is 2.12. The lowest BCUT2D eigenvalue weighted by Crippen LogP contribution is -2.43. The van der Waals surface area contributed by atoms with Gasteiger partial charge in [0.1, 0.15) is 0 Å². The van der Waals surface area contributed by atoms with Gasteiger partial charge in [-0.2, -0.15) is 0 Å². The highest BCUT2D eigenvalue weighted by atomic mass is 16.5. The van der Waals surface area contributed by atoms with Gasteiger partial charge < -0.3 is 19.9 Å². The molecule has 0 spiro atoms. The van der Waals surface area contributed by atoms with Crippen LogP contribution >= 0.6 is 0 Å². The van der Waals surface area contributed by atoms with Crippen molar-refractivity contribution in [3.63, 3.8) is 0 Å². The zero-order valence-corrected chi connectivity index (χ0v) is 16.0. The fourth-order valence-corrected chi connectivity index (χ4v) is 4.56. The van der Waals surface area contributed by atoms with Gasteiger partial charge in [-0.15, -0.1) is 0 Å². The first-order valence-corrected chi connectivity index (χ1v) is 10.5. The molecule has 3 rings (SSSR count). The summed E-state index contributed by atoms with van der Waals surface area (Å²) in [6, 6.07) is 0. The van der Waals surface area contributed by atoms with Crippen LogP contribution in [0.15, 0.2) is 0 Å². The average molecular weight is 352 g/mol. The van der Waals surface area contributed by atoms with Crippen molar-refractivity contribution in [2.24, 2.45) is 11.8 Å². The number of amides is 1. The Morgan fingerprint density at radius 3 is 2.56 bits per heavy atom. The van der Waals surface area contributed by atoms with Gasteiger partial charge in [-0.25, -0.2) is 0 Å². The molecule has 5 heteroatoms. The molecule has 0 aliphatic carbocycles. The monoisotopic (exact) mass is 351 g/mol. The summed E-state index contributed by atoms with van der Waals surface area (Å²) in [4.78, 5) is 17.2. The second-order valence-corrected chi connectivity index (χ2v) is 8.29. The number of piperidine rings is 2. The SMILES string of the molecule is CC(CC(=O)N1CCC(OCCN2CCCC2)CC1)C1CCCNC1. The molecule has 3 aliphatic heterocycles. The van der Waals surface area contributed by atoms with Crippen LogP contribution in [0.2, 0.25) is 0 Å². The summed E-state index contributed by atoms with van der Waals surface area (Å²) >= 11 is 0. The van der Waals surface area contributed by atoms with Crippen LogP contribution in [0.4, 0.5) is 0 Å². The summed E-state index contributed by atoms with van der Waals surface area (Å²) in [5.74, 6) is 1.52. The smallest absolute Gasteiger partial charge is 0.222 e. The van der Waals surface area contributed by atoms with Crippen LogP contribution in [-0.2, 0) is 9.53 Å². The first kappa shape index (κ1) is 19.1. The van der Waals surface area contributed by atoms with Crippen LogP contribution in [0.3, 0.4) is 0 Å². The molecule has 0 saturated carbocycles. The maximum absolute atomic E-state index is 12.6. The van der Waals surface area contributed by atoms with Gasteiger partial charge in [0, 0.05) is 26.1 Å². The fraction of sp³-hybridized carbons (Fsp3) is 0.950. The topological polar surface area (TPSA) is 44.8 Å². The lowest BCUT2D eigenvalue weighted by molar-refractivity contribution is -0.135. The minimum atomic E-state index is 0.353. The van der Waals surface area contributed by atoms with E-state index in [0.717, 1.165) is 52.2 Å². The molecule has 3 saturated heterocycles. The number of likely N-dealkylation sites (tertiary alicyclic amines) is 2. The molecule has 3 fully saturated rings. The quantitative estimate of drug-likeness (QED) is 0.763. The van der Waals surface area contributed by atoms with E-state index in [4.69, 9.17) is 4.74 Å². The zero-order chi connectivity index (χ0) is 17.5. The van der Waals surface area contributed by atoms with Crippen molar-refractivity contribution in [1.29, 1.82) is 0 Å². The molecular formula is C20H37N3O2. The van der Waals surface area contributed by atoms with Crippen molar-refractivity contribution in [2.45, 2.75) is 58.0 Å². The Hall–Kier alpha value is -0.650. The van der Waals surface area contributed by atoms with Crippen LogP contribution in [0.1, 0.15) is 51.9 Å². The molecule has 3 heterocycles. The van der Waals surface area contributed by atoms with E-state index in [1.54, 1.807) is 0 Å². The number of rotatable bonds is 7. The number of hydrogen-bond acceptors (Lipinski definition) is 4. The van der Waals surface area contributed by atoms with Crippen molar-refractivity contribution in [1.82, 2.24) is 15.1 Å². The number of hydrogen-bond donors (Lipinski definition) is 1. The van der Waals surface area contributed by atoms with Crippen LogP contribution in [0.5, 0.6) is 0 Å². The van der Waals surface area contributed by atoms with Crippen molar-refractivity contribution < 1.29 is 9.53 Å². The molecule has 2 atom stereocenters. The minimum Gasteiger partial charge on any atom is -0.377 e. The van der Waals surface area contributed by atoms with E-state index in [1.165, 1.54) is 38.8 Å². The van der Waals surface area contributed by atoms with Gasteiger partial charge in [0.15, 0.2) is 0 Å². The molecule has 1 N–H and O–H groups in total. The summed E-state index contributed by atoms with van der Waals surface area (Å²) in [7, 11) is 0. The van der Waals surface area contributed by atoms with Gasteiger partial charge in [-0.3, -0.25) is 4.79 Å². The molecule has 0 aromatic carbocycles. The van der Waals surface area contributed by atoms with E-state index < -0.39 is 0 Å². The highest BCUT2D eigenvalue weighted by Crippen LogP contribution is 2.24. The molecule has 0 radical (unpaired) electrons. The fourth-order valence-electron chi connectivity index (χ4n) is 4.56. The third kappa shape index (κ3) is 5.93. The molecule has 0 aromatic rings. The van der Waals surface area contributed by atoms with Crippen LogP contribution in [0, 0.1) is 11.8 Å². The first-order valence-electron chi connectivity index (χ1n) is 10.5. The largest absolute Gasteiger partial charge is 0.377 e. The lowest BCUT2D eigenvalue weighted by Gasteiger charge is -2.34. The third-order valence-electron chi connectivity index (χ3n) is 6.39. The summed E-state index contributed by atoms with van der Waals surface area (Å²) < 4.78 is 6.06. The molecule has 144 valence electrons. The molecule has 3 aliphatic rings. The third-order valence-corrected chi connectivity index (χ3v) is 6.39. The van der Waals surface area contributed by atoms with Gasteiger partial charge in [0.25, 0.3) is 0 Å². The molecular weight excluding hydrogens is 314 g/mol. The van der Waals surface area contributed by atoms with Gasteiger partial charge in [0.2, 0.25) is 5.91 Å². The van der Waals surface area contributed by atoms with Crippen molar-refractivity contribution in [3.8, 4) is 0 Å². The Morgan fingerprint density at radius 2 is 1.88 bits per heavy atom. The maximum Gasteiger partial charge on any atom is 0.222 e. The summed E-state index contributed by atoms with van der Waals surface area (Å²) in [5, 5.41) is 3.47. The number of carbonyl (C=O) groups is 1.